The van der Waals surface area contributed by atoms with E-state index in [9.17, 15) is 4.79 Å². The Hall–Kier alpha value is -1.85. The molecule has 0 spiro atoms. The van der Waals surface area contributed by atoms with E-state index in [1.165, 1.54) is 0 Å². The van der Waals surface area contributed by atoms with Gasteiger partial charge in [0.25, 0.3) is 0 Å². The zero-order valence-corrected chi connectivity index (χ0v) is 7.45. The number of carbonyl (C=O) groups is 1. The minimum absolute atomic E-state index is 0.173. The molecule has 2 rings (SSSR count). The van der Waals surface area contributed by atoms with Gasteiger partial charge in [-0.25, -0.2) is 4.98 Å². The average molecular weight is 194 g/mol. The van der Waals surface area contributed by atoms with Crippen molar-refractivity contribution in [2.75, 3.05) is 0 Å². The van der Waals surface area contributed by atoms with E-state index in [0.29, 0.717) is 12.8 Å². The maximum absolute atomic E-state index is 10.3. The Morgan fingerprint density at radius 2 is 2.43 bits per heavy atom. The summed E-state index contributed by atoms with van der Waals surface area (Å²) >= 11 is 0. The first-order chi connectivity index (χ1) is 6.75. The standard InChI is InChI=1S/C8H10N4O2/c13-7(14)3-1-2-6-10-5-4-9-12-8(5)11-6/h4H,1-3H2,(H,13,14)(H2,9,10,11,12). The minimum atomic E-state index is -0.774. The van der Waals surface area contributed by atoms with Crippen molar-refractivity contribution < 1.29 is 9.90 Å². The second kappa shape index (κ2) is 3.49. The summed E-state index contributed by atoms with van der Waals surface area (Å²) in [4.78, 5) is 17.5. The molecule has 0 amide bonds. The molecule has 0 aliphatic heterocycles. The molecule has 2 aromatic rings. The highest BCUT2D eigenvalue weighted by Crippen LogP contribution is 2.08. The average Bonchev–Trinajstić information content (AvgIpc) is 2.62. The molecule has 6 heteroatoms. The van der Waals surface area contributed by atoms with Crippen LogP contribution in [0.3, 0.4) is 0 Å². The monoisotopic (exact) mass is 194 g/mol. The first-order valence-corrected chi connectivity index (χ1v) is 4.35. The molecule has 0 saturated heterocycles. The van der Waals surface area contributed by atoms with E-state index in [2.05, 4.69) is 20.2 Å². The summed E-state index contributed by atoms with van der Waals surface area (Å²) < 4.78 is 0. The van der Waals surface area contributed by atoms with Crippen LogP contribution < -0.4 is 0 Å². The largest absolute Gasteiger partial charge is 0.481 e. The van der Waals surface area contributed by atoms with Crippen LogP contribution in [0.5, 0.6) is 0 Å². The van der Waals surface area contributed by atoms with Gasteiger partial charge in [0.15, 0.2) is 5.65 Å². The number of carboxylic acids is 1. The lowest BCUT2D eigenvalue weighted by Gasteiger charge is -1.92. The Morgan fingerprint density at radius 1 is 1.57 bits per heavy atom. The normalized spacial score (nSPS) is 10.9. The zero-order chi connectivity index (χ0) is 9.97. The summed E-state index contributed by atoms with van der Waals surface area (Å²) in [5.41, 5.74) is 1.57. The molecular weight excluding hydrogens is 184 g/mol. The molecule has 0 aromatic carbocycles. The highest BCUT2D eigenvalue weighted by atomic mass is 16.4. The Bertz CT molecular complexity index is 416. The van der Waals surface area contributed by atoms with Crippen LogP contribution in [0.1, 0.15) is 18.7 Å². The van der Waals surface area contributed by atoms with E-state index < -0.39 is 5.97 Å². The van der Waals surface area contributed by atoms with Crippen molar-refractivity contribution in [3.05, 3.63) is 12.0 Å². The third-order valence-corrected chi connectivity index (χ3v) is 1.95. The van der Waals surface area contributed by atoms with Gasteiger partial charge in [0, 0.05) is 12.8 Å². The number of carboxylic acid groups (broad SMARTS) is 1. The number of nitrogens with one attached hydrogen (secondary N) is 2. The fourth-order valence-corrected chi connectivity index (χ4v) is 1.30. The third kappa shape index (κ3) is 1.73. The molecule has 0 atom stereocenters. The Labute approximate surface area is 79.4 Å². The molecular formula is C8H10N4O2. The van der Waals surface area contributed by atoms with Gasteiger partial charge in [-0.15, -0.1) is 0 Å². The number of nitrogens with zero attached hydrogens (tertiary/aromatic N) is 2. The molecule has 0 aliphatic carbocycles. The molecule has 14 heavy (non-hydrogen) atoms. The van der Waals surface area contributed by atoms with Gasteiger partial charge in [0.1, 0.15) is 11.3 Å². The first-order valence-electron chi connectivity index (χ1n) is 4.35. The molecule has 2 aromatic heterocycles. The van der Waals surface area contributed by atoms with Crippen LogP contribution >= 0.6 is 0 Å². The number of aryl methyl sites for hydroxylation is 1. The lowest BCUT2D eigenvalue weighted by Crippen LogP contribution is -1.96. The summed E-state index contributed by atoms with van der Waals surface area (Å²) in [5, 5.41) is 15.0. The van der Waals surface area contributed by atoms with Crippen molar-refractivity contribution in [3.8, 4) is 0 Å². The molecule has 0 bridgehead atoms. The number of hydrogen-bond donors (Lipinski definition) is 3. The molecule has 0 radical (unpaired) electrons. The molecule has 0 saturated carbocycles. The number of imidazole rings is 1. The van der Waals surface area contributed by atoms with Crippen LogP contribution in [0.15, 0.2) is 6.20 Å². The number of aliphatic carboxylic acids is 1. The van der Waals surface area contributed by atoms with Crippen LogP contribution in [-0.2, 0) is 11.2 Å². The Kier molecular flexibility index (Phi) is 2.18. The molecule has 6 nitrogen and oxygen atoms in total. The van der Waals surface area contributed by atoms with Gasteiger partial charge in [-0.3, -0.25) is 9.89 Å². The van der Waals surface area contributed by atoms with E-state index in [1.807, 2.05) is 0 Å². The second-order valence-corrected chi connectivity index (χ2v) is 3.06. The minimum Gasteiger partial charge on any atom is -0.481 e. The lowest BCUT2D eigenvalue weighted by atomic mass is 10.2. The maximum atomic E-state index is 10.3. The second-order valence-electron chi connectivity index (χ2n) is 3.06. The fraction of sp³-hybridized carbons (Fsp3) is 0.375. The summed E-state index contributed by atoms with van der Waals surface area (Å²) in [6.07, 6.45) is 3.07. The molecule has 74 valence electrons. The number of hydrogen-bond acceptors (Lipinski definition) is 3. The fourth-order valence-electron chi connectivity index (χ4n) is 1.30. The number of aromatic amines is 2. The molecule has 0 aliphatic rings. The van der Waals surface area contributed by atoms with E-state index in [1.54, 1.807) is 6.20 Å². The zero-order valence-electron chi connectivity index (χ0n) is 7.45. The van der Waals surface area contributed by atoms with Crippen molar-refractivity contribution in [1.29, 1.82) is 0 Å². The van der Waals surface area contributed by atoms with Crippen LogP contribution in [-0.4, -0.2) is 31.2 Å². The number of aromatic nitrogens is 4. The molecule has 0 unspecified atom stereocenters. The first kappa shape index (κ1) is 8.74. The van der Waals surface area contributed by atoms with Crippen LogP contribution in [0.4, 0.5) is 0 Å². The van der Waals surface area contributed by atoms with E-state index in [-0.39, 0.29) is 6.42 Å². The summed E-state index contributed by atoms with van der Waals surface area (Å²) in [6.45, 7) is 0. The van der Waals surface area contributed by atoms with Gasteiger partial charge in [-0.05, 0) is 6.42 Å². The lowest BCUT2D eigenvalue weighted by molar-refractivity contribution is -0.137. The summed E-state index contributed by atoms with van der Waals surface area (Å²) in [6, 6.07) is 0. The molecule has 0 fully saturated rings. The van der Waals surface area contributed by atoms with Gasteiger partial charge in [-0.2, -0.15) is 5.10 Å². The maximum Gasteiger partial charge on any atom is 0.303 e. The Balaban J connectivity index is 1.98. The third-order valence-electron chi connectivity index (χ3n) is 1.95. The van der Waals surface area contributed by atoms with Crippen LogP contribution in [0, 0.1) is 0 Å². The van der Waals surface area contributed by atoms with E-state index in [4.69, 9.17) is 5.11 Å². The number of rotatable bonds is 4. The van der Waals surface area contributed by atoms with Crippen molar-refractivity contribution in [1.82, 2.24) is 20.2 Å². The van der Waals surface area contributed by atoms with Crippen molar-refractivity contribution in [3.63, 3.8) is 0 Å². The number of H-pyrrole nitrogens is 2. The quantitative estimate of drug-likeness (QED) is 0.667. The van der Waals surface area contributed by atoms with Gasteiger partial charge in [-0.1, -0.05) is 0 Å². The topological polar surface area (TPSA) is 94.7 Å². The van der Waals surface area contributed by atoms with Gasteiger partial charge in [0.2, 0.25) is 0 Å². The van der Waals surface area contributed by atoms with Crippen molar-refractivity contribution in [2.24, 2.45) is 0 Å². The molecule has 3 N–H and O–H groups in total. The molecule has 2 heterocycles. The summed E-state index contributed by atoms with van der Waals surface area (Å²) in [5.74, 6) is 0.0266. The predicted octanol–water partition coefficient (Wildman–Crippen LogP) is 0.693. The Morgan fingerprint density at radius 3 is 3.14 bits per heavy atom. The van der Waals surface area contributed by atoms with Gasteiger partial charge >= 0.3 is 5.97 Å². The van der Waals surface area contributed by atoms with Gasteiger partial charge in [0.05, 0.1) is 6.20 Å². The van der Waals surface area contributed by atoms with E-state index >= 15 is 0 Å². The van der Waals surface area contributed by atoms with Crippen LogP contribution in [0.2, 0.25) is 0 Å². The van der Waals surface area contributed by atoms with Crippen LogP contribution in [0.25, 0.3) is 11.2 Å². The van der Waals surface area contributed by atoms with Gasteiger partial charge < -0.3 is 10.1 Å². The van der Waals surface area contributed by atoms with Crippen molar-refractivity contribution in [2.45, 2.75) is 19.3 Å². The van der Waals surface area contributed by atoms with Crippen molar-refractivity contribution >= 4 is 17.1 Å². The smallest absolute Gasteiger partial charge is 0.303 e. The highest BCUT2D eigenvalue weighted by molar-refractivity contribution is 5.69. The highest BCUT2D eigenvalue weighted by Gasteiger charge is 2.04. The predicted molar refractivity (Wildman–Crippen MR) is 48.8 cm³/mol. The summed E-state index contributed by atoms with van der Waals surface area (Å²) in [7, 11) is 0. The SMILES string of the molecule is O=C(O)CCCc1nc2[nH]ncc2[nH]1. The van der Waals surface area contributed by atoms with E-state index in [0.717, 1.165) is 17.0 Å². The number of fused-ring (bicyclic) bond motifs is 1.